The molecule has 0 saturated carbocycles. The highest BCUT2D eigenvalue weighted by Crippen LogP contribution is 2.43. The predicted octanol–water partition coefficient (Wildman–Crippen LogP) is 3.25. The zero-order valence-electron chi connectivity index (χ0n) is 23.4. The number of piperidine rings is 1. The van der Waals surface area contributed by atoms with Gasteiger partial charge in [-0.3, -0.25) is 25.0 Å². The van der Waals surface area contributed by atoms with Crippen molar-refractivity contribution in [2.24, 2.45) is 0 Å². The van der Waals surface area contributed by atoms with Crippen molar-refractivity contribution in [3.05, 3.63) is 58.6 Å². The average Bonchev–Trinajstić information content (AvgIpc) is 3.47. The van der Waals surface area contributed by atoms with Crippen LogP contribution in [0.2, 0.25) is 5.02 Å². The summed E-state index contributed by atoms with van der Waals surface area (Å²) >= 11 is 6.27. The van der Waals surface area contributed by atoms with Gasteiger partial charge in [-0.05, 0) is 61.7 Å². The number of benzene rings is 2. The molecule has 5 amide bonds. The van der Waals surface area contributed by atoms with E-state index in [-0.39, 0.29) is 36.2 Å². The number of carbonyl (C=O) groups is 5. The van der Waals surface area contributed by atoms with Crippen molar-refractivity contribution in [3.8, 4) is 0 Å². The van der Waals surface area contributed by atoms with E-state index >= 15 is 0 Å². The molecule has 13 nitrogen and oxygen atoms in total. The van der Waals surface area contributed by atoms with Crippen LogP contribution in [0.25, 0.3) is 0 Å². The molecule has 3 heterocycles. The number of carbonyl (C=O) groups excluding carboxylic acids is 4. The van der Waals surface area contributed by atoms with Crippen LogP contribution < -0.4 is 16.0 Å². The second-order valence-electron chi connectivity index (χ2n) is 10.8. The summed E-state index contributed by atoms with van der Waals surface area (Å²) in [5.74, 6) is -1.41. The molecule has 0 bridgehead atoms. The molecule has 1 unspecified atom stereocenters. The van der Waals surface area contributed by atoms with Gasteiger partial charge in [-0.25, -0.2) is 9.59 Å². The molecule has 4 N–H and O–H groups in total. The molecule has 2 saturated heterocycles. The van der Waals surface area contributed by atoms with Crippen LogP contribution in [0.3, 0.4) is 0 Å². The number of fused-ring (bicyclic) bond motifs is 2. The summed E-state index contributed by atoms with van der Waals surface area (Å²) in [5.41, 5.74) is 0.476. The number of nitrogens with one attached hydrogen (secondary N) is 3. The highest BCUT2D eigenvalue weighted by atomic mass is 35.5. The Labute approximate surface area is 252 Å². The lowest BCUT2D eigenvalue weighted by Gasteiger charge is -2.45. The predicted molar refractivity (Wildman–Crippen MR) is 155 cm³/mol. The third-order valence-corrected chi connectivity index (χ3v) is 8.21. The number of carboxylic acid groups (broad SMARTS) is 1. The zero-order valence-corrected chi connectivity index (χ0v) is 24.2. The monoisotopic (exact) mass is 613 g/mol. The average molecular weight is 614 g/mol. The minimum absolute atomic E-state index is 0.0121. The lowest BCUT2D eigenvalue weighted by Crippen LogP contribution is -2.57. The van der Waals surface area contributed by atoms with Crippen molar-refractivity contribution < 1.29 is 38.6 Å². The number of hydrogen-bond donors (Lipinski definition) is 4. The van der Waals surface area contributed by atoms with Gasteiger partial charge >= 0.3 is 12.2 Å². The van der Waals surface area contributed by atoms with Crippen molar-refractivity contribution in [1.29, 1.82) is 0 Å². The second-order valence-corrected chi connectivity index (χ2v) is 11.2. The minimum Gasteiger partial charge on any atom is -0.465 e. The van der Waals surface area contributed by atoms with E-state index in [9.17, 15) is 24.0 Å². The molecule has 3 aliphatic heterocycles. The molecule has 2 fully saturated rings. The summed E-state index contributed by atoms with van der Waals surface area (Å²) in [6.45, 7) is 1.19. The summed E-state index contributed by atoms with van der Waals surface area (Å²) in [4.78, 5) is 67.1. The maximum absolute atomic E-state index is 14.1. The molecule has 43 heavy (non-hydrogen) atoms. The topological polar surface area (TPSA) is 167 Å². The van der Waals surface area contributed by atoms with Crippen molar-refractivity contribution in [1.82, 2.24) is 15.1 Å². The van der Waals surface area contributed by atoms with E-state index in [4.69, 9.17) is 26.2 Å². The quantitative estimate of drug-likeness (QED) is 0.369. The smallest absolute Gasteiger partial charge is 0.412 e. The first kappa shape index (κ1) is 30.1. The standard InChI is InChI=1S/C29H32ClN5O8/c1-42-20-9-12-34(15-20)24(36)14-23(32-25(37)17-3-6-19(7-4-17)31-27(39)40)26(38)35-11-2-10-29(16-35)21-13-18(30)5-8-22(21)33-28(41)43-29/h3-8,13,20,23,31H,2,9-12,14-16H2,1H3,(H,32,37)(H,33,41)(H,39,40)/t20-,23?,29+/m1/s1. The molecule has 2 aromatic rings. The van der Waals surface area contributed by atoms with Gasteiger partial charge in [-0.15, -0.1) is 0 Å². The van der Waals surface area contributed by atoms with Crippen LogP contribution in [0.15, 0.2) is 42.5 Å². The molecule has 3 atom stereocenters. The van der Waals surface area contributed by atoms with E-state index in [1.54, 1.807) is 30.2 Å². The molecular formula is C29H32ClN5O8. The summed E-state index contributed by atoms with van der Waals surface area (Å²) < 4.78 is 11.2. The molecule has 228 valence electrons. The van der Waals surface area contributed by atoms with Gasteiger partial charge in [0.2, 0.25) is 11.8 Å². The molecule has 14 heteroatoms. The number of likely N-dealkylation sites (tertiary alicyclic amines) is 2. The first-order chi connectivity index (χ1) is 20.6. The first-order valence-corrected chi connectivity index (χ1v) is 14.2. The number of methoxy groups -OCH3 is 1. The highest BCUT2D eigenvalue weighted by Gasteiger charge is 2.47. The van der Waals surface area contributed by atoms with Crippen LogP contribution in [-0.2, 0) is 24.7 Å². The number of anilines is 2. The molecular weight excluding hydrogens is 582 g/mol. The molecule has 0 aromatic heterocycles. The van der Waals surface area contributed by atoms with Gasteiger partial charge in [0, 0.05) is 48.6 Å². The molecule has 1 spiro atoms. The van der Waals surface area contributed by atoms with Gasteiger partial charge in [-0.2, -0.15) is 0 Å². The van der Waals surface area contributed by atoms with Crippen LogP contribution in [0.4, 0.5) is 21.0 Å². The van der Waals surface area contributed by atoms with Crippen LogP contribution in [0, 0.1) is 0 Å². The number of hydrogen-bond acceptors (Lipinski definition) is 7. The van der Waals surface area contributed by atoms with Crippen LogP contribution in [0.5, 0.6) is 0 Å². The summed E-state index contributed by atoms with van der Waals surface area (Å²) in [6.07, 6.45) is -0.661. The zero-order chi connectivity index (χ0) is 30.7. The Morgan fingerprint density at radius 3 is 2.63 bits per heavy atom. The van der Waals surface area contributed by atoms with E-state index in [0.29, 0.717) is 55.2 Å². The lowest BCUT2D eigenvalue weighted by atomic mass is 9.83. The molecule has 3 aliphatic rings. The fraction of sp³-hybridized carbons (Fsp3) is 0.414. The molecule has 0 radical (unpaired) electrons. The Balaban J connectivity index is 1.38. The minimum atomic E-state index is -1.25. The van der Waals surface area contributed by atoms with Crippen molar-refractivity contribution >= 4 is 52.9 Å². The van der Waals surface area contributed by atoms with Crippen LogP contribution >= 0.6 is 11.6 Å². The largest absolute Gasteiger partial charge is 0.465 e. The summed E-state index contributed by atoms with van der Waals surface area (Å²) in [5, 5.41) is 16.9. The Morgan fingerprint density at radius 2 is 1.93 bits per heavy atom. The Morgan fingerprint density at radius 1 is 1.16 bits per heavy atom. The van der Waals surface area contributed by atoms with Crippen LogP contribution in [0.1, 0.15) is 41.6 Å². The van der Waals surface area contributed by atoms with Gasteiger partial charge in [-0.1, -0.05) is 11.6 Å². The van der Waals surface area contributed by atoms with Gasteiger partial charge in [0.15, 0.2) is 5.60 Å². The van der Waals surface area contributed by atoms with E-state index in [0.717, 1.165) is 0 Å². The fourth-order valence-electron chi connectivity index (χ4n) is 5.82. The maximum atomic E-state index is 14.1. The molecule has 5 rings (SSSR count). The fourth-order valence-corrected chi connectivity index (χ4v) is 6.00. The molecule has 2 aromatic carbocycles. The lowest BCUT2D eigenvalue weighted by molar-refractivity contribution is -0.144. The number of nitrogens with zero attached hydrogens (tertiary/aromatic N) is 2. The second kappa shape index (κ2) is 12.5. The number of halogens is 1. The highest BCUT2D eigenvalue weighted by molar-refractivity contribution is 6.30. The third-order valence-electron chi connectivity index (χ3n) is 7.98. The Hall–Kier alpha value is -4.36. The number of amides is 5. The van der Waals surface area contributed by atoms with Crippen molar-refractivity contribution in [3.63, 3.8) is 0 Å². The van der Waals surface area contributed by atoms with E-state index in [1.807, 2.05) is 0 Å². The van der Waals surface area contributed by atoms with Crippen molar-refractivity contribution in [2.45, 2.75) is 43.4 Å². The van der Waals surface area contributed by atoms with E-state index < -0.39 is 35.6 Å². The van der Waals surface area contributed by atoms with E-state index in [2.05, 4.69) is 16.0 Å². The van der Waals surface area contributed by atoms with Gasteiger partial charge in [0.1, 0.15) is 6.04 Å². The first-order valence-electron chi connectivity index (χ1n) is 13.9. The van der Waals surface area contributed by atoms with Crippen molar-refractivity contribution in [2.75, 3.05) is 43.9 Å². The van der Waals surface area contributed by atoms with Gasteiger partial charge < -0.3 is 29.7 Å². The Kier molecular flexibility index (Phi) is 8.74. The number of ether oxygens (including phenoxy) is 2. The third kappa shape index (κ3) is 6.67. The molecule has 0 aliphatic carbocycles. The summed E-state index contributed by atoms with van der Waals surface area (Å²) in [6, 6.07) is 9.49. The SMILES string of the molecule is CO[C@@H]1CCN(C(=O)CC(NC(=O)c2ccc(NC(=O)O)cc2)C(=O)N2CCC[C@@]3(C2)OC(=O)Nc2ccc(Cl)cc23)C1. The Bertz CT molecular complexity index is 1440. The van der Waals surface area contributed by atoms with Crippen LogP contribution in [-0.4, -0.2) is 90.2 Å². The van der Waals surface area contributed by atoms with Gasteiger partial charge in [0.05, 0.1) is 24.8 Å². The normalized spacial score (nSPS) is 21.8. The summed E-state index contributed by atoms with van der Waals surface area (Å²) in [7, 11) is 1.58. The van der Waals surface area contributed by atoms with Gasteiger partial charge in [0.25, 0.3) is 5.91 Å². The maximum Gasteiger partial charge on any atom is 0.412 e. The van der Waals surface area contributed by atoms with E-state index in [1.165, 1.54) is 29.2 Å². The number of rotatable bonds is 7.